The van der Waals surface area contributed by atoms with Gasteiger partial charge < -0.3 is 10.5 Å². The summed E-state index contributed by atoms with van der Waals surface area (Å²) in [5.74, 6) is 1.81. The van der Waals surface area contributed by atoms with Crippen molar-refractivity contribution >= 4 is 11.9 Å². The van der Waals surface area contributed by atoms with Gasteiger partial charge in [0.25, 0.3) is 0 Å². The van der Waals surface area contributed by atoms with Gasteiger partial charge in [0.15, 0.2) is 0 Å². The van der Waals surface area contributed by atoms with Crippen LogP contribution in [0.3, 0.4) is 0 Å². The fraction of sp³-hybridized carbons (Fsp3) is 0.483. The molecular weight excluding hydrogens is 392 g/mol. The molecule has 2 N–H and O–H groups in total. The average molecular weight is 437 g/mol. The molecule has 0 amide bonds. The summed E-state index contributed by atoms with van der Waals surface area (Å²) in [6.07, 6.45) is 6.56. The quantitative estimate of drug-likeness (QED) is 0.372. The molecule has 3 heteroatoms. The standard InChI is InChI=1S/C20H24N2.C8H16O.CH4/c1-5-19(22-6-2)20(16-10-8-11-17(21)13-16)18-12-7-9-14(3)15(18)4;1-7(2)5-8-3-4-9-6-8;/h5-13,20H,21H2,1-4H3;7-8H,3-6H2,1-2H3;1H4/b19-5-,22-6?;;. The number of hydrogen-bond acceptors (Lipinski definition) is 3. The third-order valence-electron chi connectivity index (χ3n) is 5.90. The Bertz CT molecular complexity index is 876. The zero-order valence-corrected chi connectivity index (χ0v) is 20.2. The van der Waals surface area contributed by atoms with Crippen molar-refractivity contribution in [3.05, 3.63) is 76.5 Å². The van der Waals surface area contributed by atoms with Crippen molar-refractivity contribution in [1.29, 1.82) is 0 Å². The molecule has 1 aliphatic heterocycles. The van der Waals surface area contributed by atoms with Gasteiger partial charge in [0.2, 0.25) is 0 Å². The van der Waals surface area contributed by atoms with Crippen molar-refractivity contribution in [2.45, 2.75) is 67.7 Å². The van der Waals surface area contributed by atoms with Gasteiger partial charge in [0.05, 0.1) is 5.92 Å². The van der Waals surface area contributed by atoms with E-state index in [0.29, 0.717) is 0 Å². The minimum absolute atomic E-state index is 0. The Morgan fingerprint density at radius 2 is 1.88 bits per heavy atom. The van der Waals surface area contributed by atoms with E-state index in [4.69, 9.17) is 10.5 Å². The highest BCUT2D eigenvalue weighted by atomic mass is 16.5. The summed E-state index contributed by atoms with van der Waals surface area (Å²) in [4.78, 5) is 4.59. The van der Waals surface area contributed by atoms with Gasteiger partial charge >= 0.3 is 0 Å². The first-order valence-electron chi connectivity index (χ1n) is 11.5. The van der Waals surface area contributed by atoms with E-state index in [1.54, 1.807) is 0 Å². The molecule has 3 nitrogen and oxygen atoms in total. The van der Waals surface area contributed by atoms with Crippen LogP contribution < -0.4 is 5.73 Å². The summed E-state index contributed by atoms with van der Waals surface area (Å²) in [5.41, 5.74) is 12.9. The van der Waals surface area contributed by atoms with Crippen LogP contribution in [-0.2, 0) is 4.74 Å². The summed E-state index contributed by atoms with van der Waals surface area (Å²) in [7, 11) is 0. The maximum absolute atomic E-state index is 6.00. The van der Waals surface area contributed by atoms with Crippen molar-refractivity contribution in [2.24, 2.45) is 16.8 Å². The fourth-order valence-corrected chi connectivity index (χ4v) is 4.24. The Morgan fingerprint density at radius 3 is 2.44 bits per heavy atom. The Morgan fingerprint density at radius 1 is 1.16 bits per heavy atom. The van der Waals surface area contributed by atoms with Crippen molar-refractivity contribution in [1.82, 2.24) is 0 Å². The van der Waals surface area contributed by atoms with Crippen LogP contribution in [0.2, 0.25) is 0 Å². The van der Waals surface area contributed by atoms with Crippen molar-refractivity contribution in [3.63, 3.8) is 0 Å². The topological polar surface area (TPSA) is 47.6 Å². The highest BCUT2D eigenvalue weighted by Crippen LogP contribution is 2.36. The lowest BCUT2D eigenvalue weighted by atomic mass is 9.84. The first kappa shape index (κ1) is 27.6. The number of anilines is 1. The zero-order valence-electron chi connectivity index (χ0n) is 20.2. The predicted molar refractivity (Wildman–Crippen MR) is 142 cm³/mol. The molecule has 1 aliphatic rings. The van der Waals surface area contributed by atoms with Crippen LogP contribution >= 0.6 is 0 Å². The molecule has 0 aliphatic carbocycles. The number of aryl methyl sites for hydroxylation is 1. The summed E-state index contributed by atoms with van der Waals surface area (Å²) < 4.78 is 5.26. The first-order chi connectivity index (χ1) is 14.9. The monoisotopic (exact) mass is 436 g/mol. The van der Waals surface area contributed by atoms with E-state index in [-0.39, 0.29) is 13.3 Å². The van der Waals surface area contributed by atoms with Crippen molar-refractivity contribution < 1.29 is 4.74 Å². The van der Waals surface area contributed by atoms with Gasteiger partial charge in [0, 0.05) is 30.8 Å². The van der Waals surface area contributed by atoms with Gasteiger partial charge in [-0.3, -0.25) is 4.99 Å². The summed E-state index contributed by atoms with van der Waals surface area (Å²) in [5, 5.41) is 0. The van der Waals surface area contributed by atoms with Crippen molar-refractivity contribution in [3.8, 4) is 0 Å². The number of allylic oxidation sites excluding steroid dienone is 2. The van der Waals surface area contributed by atoms with E-state index in [1.807, 2.05) is 38.3 Å². The summed E-state index contributed by atoms with van der Waals surface area (Å²) in [6, 6.07) is 14.5. The van der Waals surface area contributed by atoms with Gasteiger partial charge in [-0.2, -0.15) is 0 Å². The normalized spacial score (nSPS) is 17.1. The van der Waals surface area contributed by atoms with Crippen LogP contribution in [0.15, 0.2) is 59.2 Å². The number of nitrogens with zero attached hydrogens (tertiary/aromatic N) is 1. The van der Waals surface area contributed by atoms with Crippen LogP contribution in [0.25, 0.3) is 0 Å². The smallest absolute Gasteiger partial charge is 0.0512 e. The molecule has 0 aromatic heterocycles. The number of ether oxygens (including phenoxy) is 1. The lowest BCUT2D eigenvalue weighted by Crippen LogP contribution is -2.07. The lowest BCUT2D eigenvalue weighted by Gasteiger charge is -2.22. The van der Waals surface area contributed by atoms with Crippen LogP contribution in [-0.4, -0.2) is 19.4 Å². The van der Waals surface area contributed by atoms with Crippen LogP contribution in [0, 0.1) is 25.7 Å². The fourth-order valence-electron chi connectivity index (χ4n) is 4.24. The highest BCUT2D eigenvalue weighted by Gasteiger charge is 2.21. The molecule has 1 saturated heterocycles. The molecule has 2 aromatic carbocycles. The number of nitrogen functional groups attached to an aromatic ring is 1. The van der Waals surface area contributed by atoms with Gasteiger partial charge in [-0.25, -0.2) is 0 Å². The second-order valence-electron chi connectivity index (χ2n) is 8.85. The molecule has 0 bridgehead atoms. The number of benzene rings is 2. The van der Waals surface area contributed by atoms with Gasteiger partial charge in [-0.05, 0) is 86.8 Å². The van der Waals surface area contributed by atoms with Gasteiger partial charge in [-0.1, -0.05) is 57.7 Å². The van der Waals surface area contributed by atoms with E-state index in [1.165, 1.54) is 35.1 Å². The number of nitrogens with two attached hydrogens (primary N) is 1. The van der Waals surface area contributed by atoms with E-state index in [2.05, 4.69) is 63.0 Å². The second kappa shape index (κ2) is 13.9. The van der Waals surface area contributed by atoms with E-state index in [9.17, 15) is 0 Å². The van der Waals surface area contributed by atoms with E-state index in [0.717, 1.165) is 36.4 Å². The lowest BCUT2D eigenvalue weighted by molar-refractivity contribution is 0.181. The minimum Gasteiger partial charge on any atom is -0.399 e. The Kier molecular flexibility index (Phi) is 12.0. The molecule has 0 radical (unpaired) electrons. The molecular formula is C29H44N2O. The Hall–Kier alpha value is -2.39. The number of aliphatic imine (C=N–C) groups is 1. The first-order valence-corrected chi connectivity index (χ1v) is 11.5. The molecule has 176 valence electrons. The second-order valence-corrected chi connectivity index (χ2v) is 8.85. The van der Waals surface area contributed by atoms with Crippen molar-refractivity contribution in [2.75, 3.05) is 18.9 Å². The van der Waals surface area contributed by atoms with Crippen LogP contribution in [0.5, 0.6) is 0 Å². The molecule has 2 atom stereocenters. The van der Waals surface area contributed by atoms with E-state index < -0.39 is 0 Å². The van der Waals surface area contributed by atoms with Gasteiger partial charge in [-0.15, -0.1) is 0 Å². The largest absolute Gasteiger partial charge is 0.399 e. The average Bonchev–Trinajstić information content (AvgIpc) is 3.23. The molecule has 2 aromatic rings. The Labute approximate surface area is 196 Å². The van der Waals surface area contributed by atoms with Crippen LogP contribution in [0.4, 0.5) is 5.69 Å². The Balaban J connectivity index is 0.000000431. The third kappa shape index (κ3) is 7.94. The molecule has 0 saturated carbocycles. The number of hydrogen-bond donors (Lipinski definition) is 1. The summed E-state index contributed by atoms with van der Waals surface area (Å²) in [6.45, 7) is 14.9. The maximum Gasteiger partial charge on any atom is 0.0512 e. The highest BCUT2D eigenvalue weighted by molar-refractivity contribution is 5.58. The van der Waals surface area contributed by atoms with Crippen LogP contribution in [0.1, 0.15) is 76.1 Å². The molecule has 0 spiro atoms. The predicted octanol–water partition coefficient (Wildman–Crippen LogP) is 7.72. The third-order valence-corrected chi connectivity index (χ3v) is 5.90. The molecule has 3 rings (SSSR count). The summed E-state index contributed by atoms with van der Waals surface area (Å²) >= 11 is 0. The minimum atomic E-state index is 0. The van der Waals surface area contributed by atoms with E-state index >= 15 is 0 Å². The van der Waals surface area contributed by atoms with Gasteiger partial charge in [0.1, 0.15) is 0 Å². The molecule has 1 fully saturated rings. The SMILES string of the molecule is C.CC(C)CC1CCOC1.CC=N/C(=C\C)C(c1cccc(N)c1)c1cccc(C)c1C. The molecule has 2 unspecified atom stereocenters. The maximum atomic E-state index is 6.00. The molecule has 32 heavy (non-hydrogen) atoms. The zero-order chi connectivity index (χ0) is 22.8. The number of rotatable bonds is 6. The molecule has 1 heterocycles.